The fraction of sp³-hybridized carbons (Fsp3) is 0.739. The zero-order chi connectivity index (χ0) is 25.9. The quantitative estimate of drug-likeness (QED) is 0.358. The predicted molar refractivity (Wildman–Crippen MR) is 128 cm³/mol. The minimum absolute atomic E-state index is 0.257. The topological polar surface area (TPSA) is 177 Å². The standard InChI is InChI=1S/C23H35N5O7S/c24-22(32)35-18-9-5-3-1-2-4-7-16-13-23(16,21(31)27-36(33,34)25-14-15-10-11-15)26-19(29)17-8-6-12-28(17)20(18)30/h4,7,15-18,25H,1-3,5-6,8-14H2,(H2,24,32)(H,26,29)(H,27,31)/b7-4-. The van der Waals surface area contributed by atoms with Crippen LogP contribution in [0.2, 0.25) is 0 Å². The lowest BCUT2D eigenvalue weighted by atomic mass is 10.1. The van der Waals surface area contributed by atoms with Crippen LogP contribution in [0.25, 0.3) is 0 Å². The average molecular weight is 526 g/mol. The molecule has 13 heteroatoms. The molecule has 2 aliphatic heterocycles. The molecule has 12 nitrogen and oxygen atoms in total. The highest BCUT2D eigenvalue weighted by molar-refractivity contribution is 7.88. The van der Waals surface area contributed by atoms with Crippen molar-refractivity contribution in [2.24, 2.45) is 17.6 Å². The van der Waals surface area contributed by atoms with E-state index < -0.39 is 51.7 Å². The Balaban J connectivity index is 1.52. The van der Waals surface area contributed by atoms with Crippen LogP contribution in [0, 0.1) is 11.8 Å². The Morgan fingerprint density at radius 2 is 1.92 bits per heavy atom. The Labute approximate surface area is 210 Å². The van der Waals surface area contributed by atoms with E-state index in [9.17, 15) is 27.6 Å². The summed E-state index contributed by atoms with van der Waals surface area (Å²) in [4.78, 5) is 52.5. The van der Waals surface area contributed by atoms with Crippen molar-refractivity contribution in [3.63, 3.8) is 0 Å². The van der Waals surface area contributed by atoms with Gasteiger partial charge in [0.05, 0.1) is 0 Å². The minimum Gasteiger partial charge on any atom is -0.436 e. The van der Waals surface area contributed by atoms with Gasteiger partial charge in [-0.05, 0) is 63.7 Å². The lowest BCUT2D eigenvalue weighted by molar-refractivity contribution is -0.146. The summed E-state index contributed by atoms with van der Waals surface area (Å²) in [7, 11) is -4.07. The minimum atomic E-state index is -4.07. The Bertz CT molecular complexity index is 1030. The first-order valence-corrected chi connectivity index (χ1v) is 14.2. The van der Waals surface area contributed by atoms with Gasteiger partial charge >= 0.3 is 16.3 Å². The molecule has 3 fully saturated rings. The van der Waals surface area contributed by atoms with Gasteiger partial charge in [-0.1, -0.05) is 18.6 Å². The summed E-state index contributed by atoms with van der Waals surface area (Å²) < 4.78 is 34.4. The summed E-state index contributed by atoms with van der Waals surface area (Å²) in [5.41, 5.74) is 3.77. The van der Waals surface area contributed by atoms with E-state index in [0.29, 0.717) is 38.6 Å². The smallest absolute Gasteiger partial charge is 0.405 e. The van der Waals surface area contributed by atoms with Crippen LogP contribution in [0.15, 0.2) is 12.2 Å². The number of nitrogens with zero attached hydrogens (tertiary/aromatic N) is 1. The third-order valence-corrected chi connectivity index (χ3v) is 8.33. The molecule has 4 atom stereocenters. The third kappa shape index (κ3) is 6.36. The van der Waals surface area contributed by atoms with Crippen LogP contribution in [0.1, 0.15) is 64.2 Å². The molecule has 0 bridgehead atoms. The molecule has 2 aliphatic carbocycles. The van der Waals surface area contributed by atoms with Gasteiger partial charge in [0.25, 0.3) is 11.8 Å². The van der Waals surface area contributed by atoms with Crippen LogP contribution < -0.4 is 20.5 Å². The molecule has 4 rings (SSSR count). The van der Waals surface area contributed by atoms with E-state index in [1.54, 1.807) is 0 Å². The monoisotopic (exact) mass is 525 g/mol. The van der Waals surface area contributed by atoms with Gasteiger partial charge in [-0.2, -0.15) is 13.1 Å². The highest BCUT2D eigenvalue weighted by Crippen LogP contribution is 2.45. The Morgan fingerprint density at radius 3 is 2.64 bits per heavy atom. The molecule has 2 heterocycles. The first-order valence-electron chi connectivity index (χ1n) is 12.7. The van der Waals surface area contributed by atoms with Crippen LogP contribution in [0.4, 0.5) is 4.79 Å². The van der Waals surface area contributed by atoms with Gasteiger partial charge in [0.1, 0.15) is 11.6 Å². The van der Waals surface area contributed by atoms with Crippen molar-refractivity contribution in [1.29, 1.82) is 0 Å². The number of carbonyl (C=O) groups is 4. The summed E-state index contributed by atoms with van der Waals surface area (Å²) in [5.74, 6) is -1.90. The van der Waals surface area contributed by atoms with Crippen molar-refractivity contribution in [3.8, 4) is 0 Å². The fourth-order valence-corrected chi connectivity index (χ4v) is 5.93. The van der Waals surface area contributed by atoms with E-state index >= 15 is 0 Å². The molecule has 36 heavy (non-hydrogen) atoms. The summed E-state index contributed by atoms with van der Waals surface area (Å²) in [6.45, 7) is 0.566. The third-order valence-electron chi connectivity index (χ3n) is 7.33. The average Bonchev–Trinajstić information content (AvgIpc) is 3.71. The highest BCUT2D eigenvalue weighted by Gasteiger charge is 2.61. The number of primary amides is 1. The molecule has 1 saturated heterocycles. The lowest BCUT2D eigenvalue weighted by Crippen LogP contribution is -2.58. The molecule has 5 N–H and O–H groups in total. The highest BCUT2D eigenvalue weighted by atomic mass is 32.2. The number of nitrogens with two attached hydrogens (primary N) is 1. The predicted octanol–water partition coefficient (Wildman–Crippen LogP) is 0.197. The zero-order valence-corrected chi connectivity index (χ0v) is 21.1. The molecule has 0 aromatic carbocycles. The fourth-order valence-electron chi connectivity index (χ4n) is 4.97. The van der Waals surface area contributed by atoms with E-state index in [-0.39, 0.29) is 24.8 Å². The van der Waals surface area contributed by atoms with Crippen LogP contribution in [-0.2, 0) is 29.3 Å². The van der Waals surface area contributed by atoms with Crippen molar-refractivity contribution < 1.29 is 32.3 Å². The van der Waals surface area contributed by atoms with Crippen LogP contribution in [0.3, 0.4) is 0 Å². The Hall–Kier alpha value is -2.67. The van der Waals surface area contributed by atoms with Crippen molar-refractivity contribution in [2.75, 3.05) is 13.1 Å². The molecule has 4 unspecified atom stereocenters. The van der Waals surface area contributed by atoms with Gasteiger partial charge < -0.3 is 20.7 Å². The molecular formula is C23H35N5O7S. The first-order chi connectivity index (χ1) is 17.1. The SMILES string of the molecule is NC(=O)OC1CCCCC/C=C\C2CC2(C(=O)NS(=O)(=O)NCC2CC2)NC(=O)C2CCCN2C1=O. The van der Waals surface area contributed by atoms with E-state index in [4.69, 9.17) is 10.5 Å². The number of amides is 4. The van der Waals surface area contributed by atoms with E-state index in [1.165, 1.54) is 4.90 Å². The number of allylic oxidation sites excluding steroid dienone is 1. The maximum atomic E-state index is 13.3. The normalized spacial score (nSPS) is 32.2. The molecular weight excluding hydrogens is 490 g/mol. The molecule has 4 amide bonds. The zero-order valence-electron chi connectivity index (χ0n) is 20.2. The summed E-state index contributed by atoms with van der Waals surface area (Å²) in [6.07, 6.45) is 8.01. The Kier molecular flexibility index (Phi) is 7.88. The summed E-state index contributed by atoms with van der Waals surface area (Å²) in [5, 5.41) is 2.76. The first kappa shape index (κ1) is 26.4. The molecule has 2 saturated carbocycles. The molecule has 0 aromatic rings. The molecule has 0 radical (unpaired) electrons. The Morgan fingerprint density at radius 1 is 1.14 bits per heavy atom. The molecule has 200 valence electrons. The van der Waals surface area contributed by atoms with Gasteiger partial charge in [-0.25, -0.2) is 9.52 Å². The van der Waals surface area contributed by atoms with Gasteiger partial charge in [0, 0.05) is 19.0 Å². The number of hydrogen-bond donors (Lipinski definition) is 4. The van der Waals surface area contributed by atoms with E-state index in [1.807, 2.05) is 12.2 Å². The number of carbonyl (C=O) groups excluding carboxylic acids is 4. The van der Waals surface area contributed by atoms with Gasteiger partial charge in [0.2, 0.25) is 5.91 Å². The van der Waals surface area contributed by atoms with E-state index in [2.05, 4.69) is 14.8 Å². The van der Waals surface area contributed by atoms with Crippen molar-refractivity contribution in [2.45, 2.75) is 81.9 Å². The lowest BCUT2D eigenvalue weighted by Gasteiger charge is -2.29. The van der Waals surface area contributed by atoms with Crippen LogP contribution in [-0.4, -0.2) is 67.9 Å². The van der Waals surface area contributed by atoms with Gasteiger partial charge in [-0.15, -0.1) is 0 Å². The number of nitrogens with one attached hydrogen (secondary N) is 3. The van der Waals surface area contributed by atoms with Crippen molar-refractivity contribution in [1.82, 2.24) is 19.7 Å². The van der Waals surface area contributed by atoms with Gasteiger partial charge in [0.15, 0.2) is 6.10 Å². The number of fused-ring (bicyclic) bond motifs is 2. The largest absolute Gasteiger partial charge is 0.436 e. The van der Waals surface area contributed by atoms with Crippen molar-refractivity contribution in [3.05, 3.63) is 12.2 Å². The van der Waals surface area contributed by atoms with E-state index in [0.717, 1.165) is 25.7 Å². The maximum Gasteiger partial charge on any atom is 0.405 e. The molecule has 4 aliphatic rings. The molecule has 0 spiro atoms. The second-order valence-corrected chi connectivity index (χ2v) is 11.7. The van der Waals surface area contributed by atoms with Gasteiger partial charge in [-0.3, -0.25) is 14.4 Å². The van der Waals surface area contributed by atoms with Crippen molar-refractivity contribution >= 4 is 34.0 Å². The van der Waals surface area contributed by atoms with Crippen LogP contribution >= 0.6 is 0 Å². The second-order valence-electron chi connectivity index (χ2n) is 10.2. The number of hydrogen-bond acceptors (Lipinski definition) is 7. The maximum absolute atomic E-state index is 13.3. The summed E-state index contributed by atoms with van der Waals surface area (Å²) in [6, 6.07) is -0.860. The number of ether oxygens (including phenoxy) is 1. The molecule has 0 aromatic heterocycles. The second kappa shape index (κ2) is 10.8. The number of rotatable bonds is 6. The van der Waals surface area contributed by atoms with Crippen LogP contribution in [0.5, 0.6) is 0 Å². The summed E-state index contributed by atoms with van der Waals surface area (Å²) >= 11 is 0.